The molecular formula is C13H22N2O2. The Hall–Kier alpha value is -0.610. The molecule has 3 rings (SSSR count). The van der Waals surface area contributed by atoms with Gasteiger partial charge in [-0.15, -0.1) is 0 Å². The second-order valence-corrected chi connectivity index (χ2v) is 5.67. The zero-order valence-corrected chi connectivity index (χ0v) is 10.6. The first-order valence-electron chi connectivity index (χ1n) is 6.92. The molecule has 17 heavy (non-hydrogen) atoms. The molecule has 2 unspecified atom stereocenters. The van der Waals surface area contributed by atoms with Crippen molar-refractivity contribution in [3.05, 3.63) is 0 Å². The number of hydrogen-bond donors (Lipinski definition) is 1. The lowest BCUT2D eigenvalue weighted by Gasteiger charge is -2.24. The summed E-state index contributed by atoms with van der Waals surface area (Å²) in [5.41, 5.74) is -0.146. The minimum absolute atomic E-state index is 0.146. The lowest BCUT2D eigenvalue weighted by atomic mass is 10.0. The molecule has 4 heteroatoms. The predicted molar refractivity (Wildman–Crippen MR) is 64.4 cm³/mol. The lowest BCUT2D eigenvalue weighted by Crippen LogP contribution is -2.38. The van der Waals surface area contributed by atoms with Crippen molar-refractivity contribution in [3.8, 4) is 0 Å². The Balaban J connectivity index is 1.58. The van der Waals surface area contributed by atoms with Crippen LogP contribution in [-0.4, -0.2) is 42.3 Å². The molecule has 0 aromatic carbocycles. The summed E-state index contributed by atoms with van der Waals surface area (Å²) in [5, 5.41) is 3.51. The predicted octanol–water partition coefficient (Wildman–Crippen LogP) is 1.11. The molecule has 3 fully saturated rings. The van der Waals surface area contributed by atoms with Gasteiger partial charge in [0.05, 0.1) is 11.7 Å². The minimum Gasteiger partial charge on any atom is -0.381 e. The van der Waals surface area contributed by atoms with Crippen LogP contribution in [0.4, 0.5) is 0 Å². The summed E-state index contributed by atoms with van der Waals surface area (Å²) in [5.74, 6) is 1.01. The normalized spacial score (nSPS) is 34.9. The van der Waals surface area contributed by atoms with Crippen molar-refractivity contribution in [2.24, 2.45) is 5.92 Å². The van der Waals surface area contributed by atoms with Crippen molar-refractivity contribution in [3.63, 3.8) is 0 Å². The maximum atomic E-state index is 12.3. The Labute approximate surface area is 103 Å². The summed E-state index contributed by atoms with van der Waals surface area (Å²) in [6.45, 7) is 4.84. The second kappa shape index (κ2) is 4.25. The average Bonchev–Trinajstić information content (AvgIpc) is 2.83. The van der Waals surface area contributed by atoms with E-state index in [4.69, 9.17) is 4.74 Å². The zero-order valence-electron chi connectivity index (χ0n) is 10.6. The highest BCUT2D eigenvalue weighted by Crippen LogP contribution is 2.42. The van der Waals surface area contributed by atoms with Crippen LogP contribution in [0.2, 0.25) is 0 Å². The summed E-state index contributed by atoms with van der Waals surface area (Å²) in [6, 6.07) is 0. The molecule has 2 aliphatic heterocycles. The molecule has 1 spiro atoms. The molecule has 0 bridgehead atoms. The summed E-state index contributed by atoms with van der Waals surface area (Å²) < 4.78 is 5.39. The van der Waals surface area contributed by atoms with E-state index < -0.39 is 0 Å². The van der Waals surface area contributed by atoms with Gasteiger partial charge >= 0.3 is 0 Å². The van der Waals surface area contributed by atoms with Gasteiger partial charge in [-0.05, 0) is 38.0 Å². The van der Waals surface area contributed by atoms with Gasteiger partial charge in [-0.1, -0.05) is 6.92 Å². The van der Waals surface area contributed by atoms with Crippen molar-refractivity contribution in [1.29, 1.82) is 0 Å². The molecule has 2 atom stereocenters. The Bertz CT molecular complexity index is 309. The van der Waals surface area contributed by atoms with E-state index in [2.05, 4.69) is 17.1 Å². The fourth-order valence-electron chi connectivity index (χ4n) is 3.07. The minimum atomic E-state index is -0.146. The molecule has 1 aliphatic carbocycles. The van der Waals surface area contributed by atoms with Crippen molar-refractivity contribution >= 4 is 5.91 Å². The Morgan fingerprint density at radius 2 is 2.35 bits per heavy atom. The van der Waals surface area contributed by atoms with Crippen molar-refractivity contribution < 1.29 is 9.53 Å². The van der Waals surface area contributed by atoms with Gasteiger partial charge in [0.2, 0.25) is 5.91 Å². The van der Waals surface area contributed by atoms with Gasteiger partial charge in [-0.3, -0.25) is 10.1 Å². The largest absolute Gasteiger partial charge is 0.381 e. The van der Waals surface area contributed by atoms with E-state index in [0.29, 0.717) is 11.8 Å². The fraction of sp³-hybridized carbons (Fsp3) is 0.923. The maximum Gasteiger partial charge on any atom is 0.244 e. The highest BCUT2D eigenvalue weighted by molar-refractivity contribution is 5.91. The van der Waals surface area contributed by atoms with Crippen LogP contribution in [0.25, 0.3) is 0 Å². The first-order valence-corrected chi connectivity index (χ1v) is 6.92. The van der Waals surface area contributed by atoms with E-state index in [0.717, 1.165) is 51.9 Å². The Morgan fingerprint density at radius 1 is 1.53 bits per heavy atom. The van der Waals surface area contributed by atoms with Gasteiger partial charge in [0.1, 0.15) is 0 Å². The number of nitrogens with zero attached hydrogens (tertiary/aromatic N) is 1. The number of carbonyl (C=O) groups is 1. The Kier molecular flexibility index (Phi) is 2.87. The lowest BCUT2D eigenvalue weighted by molar-refractivity contribution is -0.131. The molecule has 1 saturated carbocycles. The van der Waals surface area contributed by atoms with Crippen LogP contribution in [0.15, 0.2) is 0 Å². The Morgan fingerprint density at radius 3 is 2.94 bits per heavy atom. The molecular weight excluding hydrogens is 216 g/mol. The van der Waals surface area contributed by atoms with Gasteiger partial charge in [0.15, 0.2) is 0 Å². The number of nitrogens with one attached hydrogen (secondary N) is 1. The number of carbonyl (C=O) groups excluding carboxylic acids is 1. The summed E-state index contributed by atoms with van der Waals surface area (Å²) in [7, 11) is 0. The second-order valence-electron chi connectivity index (χ2n) is 5.67. The van der Waals surface area contributed by atoms with Gasteiger partial charge in [-0.25, -0.2) is 0 Å². The molecule has 2 saturated heterocycles. The summed E-state index contributed by atoms with van der Waals surface area (Å²) in [4.78, 5) is 14.4. The SMILES string of the molecule is CCC1NC2(CC2)C(=O)N1CCC1CCOC1. The third-order valence-corrected chi connectivity index (χ3v) is 4.43. The topological polar surface area (TPSA) is 41.6 Å². The molecule has 96 valence electrons. The quantitative estimate of drug-likeness (QED) is 0.798. The van der Waals surface area contributed by atoms with Crippen LogP contribution in [0.3, 0.4) is 0 Å². The third kappa shape index (κ3) is 1.97. The molecule has 0 aromatic heterocycles. The van der Waals surface area contributed by atoms with Crippen LogP contribution in [-0.2, 0) is 9.53 Å². The first-order chi connectivity index (χ1) is 8.25. The van der Waals surface area contributed by atoms with Crippen molar-refractivity contribution in [1.82, 2.24) is 10.2 Å². The molecule has 1 N–H and O–H groups in total. The highest BCUT2D eigenvalue weighted by atomic mass is 16.5. The smallest absolute Gasteiger partial charge is 0.244 e. The monoisotopic (exact) mass is 238 g/mol. The van der Waals surface area contributed by atoms with Crippen LogP contribution < -0.4 is 5.32 Å². The first kappa shape index (κ1) is 11.5. The maximum absolute atomic E-state index is 12.3. The molecule has 4 nitrogen and oxygen atoms in total. The van der Waals surface area contributed by atoms with E-state index in [1.165, 1.54) is 0 Å². The van der Waals surface area contributed by atoms with E-state index in [1.807, 2.05) is 0 Å². The van der Waals surface area contributed by atoms with Gasteiger partial charge in [0.25, 0.3) is 0 Å². The van der Waals surface area contributed by atoms with Gasteiger partial charge in [0, 0.05) is 19.8 Å². The summed E-state index contributed by atoms with van der Waals surface area (Å²) in [6.07, 6.45) is 5.61. The van der Waals surface area contributed by atoms with Gasteiger partial charge in [-0.2, -0.15) is 0 Å². The van der Waals surface area contributed by atoms with Crippen molar-refractivity contribution in [2.75, 3.05) is 19.8 Å². The van der Waals surface area contributed by atoms with Crippen LogP contribution in [0, 0.1) is 5.92 Å². The van der Waals surface area contributed by atoms with E-state index in [-0.39, 0.29) is 11.7 Å². The number of ether oxygens (including phenoxy) is 1. The number of rotatable bonds is 4. The molecule has 2 heterocycles. The van der Waals surface area contributed by atoms with Crippen LogP contribution in [0.1, 0.15) is 39.0 Å². The van der Waals surface area contributed by atoms with E-state index >= 15 is 0 Å². The van der Waals surface area contributed by atoms with Gasteiger partial charge < -0.3 is 9.64 Å². The molecule has 0 aromatic rings. The zero-order chi connectivity index (χ0) is 11.9. The van der Waals surface area contributed by atoms with E-state index in [9.17, 15) is 4.79 Å². The summed E-state index contributed by atoms with van der Waals surface area (Å²) >= 11 is 0. The van der Waals surface area contributed by atoms with E-state index in [1.54, 1.807) is 0 Å². The molecule has 1 amide bonds. The number of hydrogen-bond acceptors (Lipinski definition) is 3. The third-order valence-electron chi connectivity index (χ3n) is 4.43. The molecule has 3 aliphatic rings. The highest BCUT2D eigenvalue weighted by Gasteiger charge is 2.58. The van der Waals surface area contributed by atoms with Crippen LogP contribution in [0.5, 0.6) is 0 Å². The number of amides is 1. The molecule has 0 radical (unpaired) electrons. The average molecular weight is 238 g/mol. The standard InChI is InChI=1S/C13H22N2O2/c1-2-11-14-13(5-6-13)12(16)15(11)7-3-10-4-8-17-9-10/h10-11,14H,2-9H2,1H3. The van der Waals surface area contributed by atoms with Crippen molar-refractivity contribution in [2.45, 2.75) is 50.7 Å². The van der Waals surface area contributed by atoms with Crippen LogP contribution >= 0.6 is 0 Å². The fourth-order valence-corrected chi connectivity index (χ4v) is 3.07.